The molecule has 0 saturated carbocycles. The molecule has 0 aromatic heterocycles. The zero-order valence-corrected chi connectivity index (χ0v) is 14.0. The highest BCUT2D eigenvalue weighted by Gasteiger charge is 2.22. The Morgan fingerprint density at radius 2 is 2.05 bits per heavy atom. The quantitative estimate of drug-likeness (QED) is 0.753. The largest absolute Gasteiger partial charge is 0.465 e. The van der Waals surface area contributed by atoms with E-state index in [1.807, 2.05) is 13.8 Å². The van der Waals surface area contributed by atoms with E-state index in [1.54, 1.807) is 25.1 Å². The molecular formula is C14H17BrClNO3. The van der Waals surface area contributed by atoms with E-state index in [4.69, 9.17) is 16.3 Å². The molecule has 1 rings (SSSR count). The summed E-state index contributed by atoms with van der Waals surface area (Å²) in [6.07, 6.45) is 0. The number of hydrogen-bond acceptors (Lipinski definition) is 3. The van der Waals surface area contributed by atoms with E-state index in [1.165, 1.54) is 4.90 Å². The summed E-state index contributed by atoms with van der Waals surface area (Å²) in [5.41, 5.74) is 0.472. The fourth-order valence-electron chi connectivity index (χ4n) is 1.63. The molecule has 1 aromatic rings. The zero-order valence-electron chi connectivity index (χ0n) is 11.7. The van der Waals surface area contributed by atoms with E-state index >= 15 is 0 Å². The molecule has 0 aliphatic heterocycles. The molecule has 0 spiro atoms. The van der Waals surface area contributed by atoms with Gasteiger partial charge < -0.3 is 9.64 Å². The molecule has 6 heteroatoms. The van der Waals surface area contributed by atoms with Crippen LogP contribution < -0.4 is 0 Å². The highest BCUT2D eigenvalue weighted by atomic mass is 79.9. The Labute approximate surface area is 132 Å². The lowest BCUT2D eigenvalue weighted by molar-refractivity contribution is -0.144. The number of halogens is 2. The van der Waals surface area contributed by atoms with Crippen LogP contribution in [-0.2, 0) is 9.53 Å². The first-order chi connectivity index (χ1) is 9.36. The Kier molecular flexibility index (Phi) is 6.49. The number of carbonyl (C=O) groups excluding carboxylic acids is 2. The predicted octanol–water partition coefficient (Wildman–Crippen LogP) is 3.52. The minimum absolute atomic E-state index is 0.0649. The molecule has 0 unspecified atom stereocenters. The minimum Gasteiger partial charge on any atom is -0.465 e. The van der Waals surface area contributed by atoms with Crippen molar-refractivity contribution in [2.75, 3.05) is 13.2 Å². The van der Waals surface area contributed by atoms with Crippen molar-refractivity contribution in [2.24, 2.45) is 0 Å². The van der Waals surface area contributed by atoms with Gasteiger partial charge in [0.05, 0.1) is 11.6 Å². The molecule has 0 radical (unpaired) electrons. The van der Waals surface area contributed by atoms with E-state index in [2.05, 4.69) is 15.9 Å². The summed E-state index contributed by atoms with van der Waals surface area (Å²) in [6.45, 7) is 5.66. The molecule has 4 nitrogen and oxygen atoms in total. The second kappa shape index (κ2) is 7.64. The normalized spacial score (nSPS) is 10.5. The zero-order chi connectivity index (χ0) is 15.3. The van der Waals surface area contributed by atoms with Crippen LogP contribution in [0.5, 0.6) is 0 Å². The lowest BCUT2D eigenvalue weighted by Crippen LogP contribution is -2.41. The highest BCUT2D eigenvalue weighted by molar-refractivity contribution is 9.10. The van der Waals surface area contributed by atoms with Crippen molar-refractivity contribution in [1.29, 1.82) is 0 Å². The fraction of sp³-hybridized carbons (Fsp3) is 0.429. The lowest BCUT2D eigenvalue weighted by atomic mass is 10.1. The lowest BCUT2D eigenvalue weighted by Gasteiger charge is -2.25. The number of rotatable bonds is 5. The number of esters is 1. The molecule has 0 atom stereocenters. The average Bonchev–Trinajstić information content (AvgIpc) is 2.38. The molecular weight excluding hydrogens is 346 g/mol. The fourth-order valence-corrected chi connectivity index (χ4v) is 2.13. The van der Waals surface area contributed by atoms with Crippen LogP contribution in [0.25, 0.3) is 0 Å². The minimum atomic E-state index is -0.414. The molecule has 0 aliphatic rings. The van der Waals surface area contributed by atoms with E-state index in [0.717, 1.165) is 0 Å². The third-order valence-corrected chi connectivity index (χ3v) is 3.87. The van der Waals surface area contributed by atoms with Gasteiger partial charge in [0, 0.05) is 16.1 Å². The van der Waals surface area contributed by atoms with Gasteiger partial charge in [-0.3, -0.25) is 9.59 Å². The third kappa shape index (κ3) is 4.49. The van der Waals surface area contributed by atoms with Gasteiger partial charge in [-0.1, -0.05) is 11.6 Å². The Bertz CT molecular complexity index is 505. The Morgan fingerprint density at radius 3 is 2.55 bits per heavy atom. The van der Waals surface area contributed by atoms with Crippen molar-refractivity contribution in [3.63, 3.8) is 0 Å². The molecule has 1 aromatic carbocycles. The molecule has 0 N–H and O–H groups in total. The van der Waals surface area contributed by atoms with E-state index in [0.29, 0.717) is 21.7 Å². The summed E-state index contributed by atoms with van der Waals surface area (Å²) < 4.78 is 5.53. The van der Waals surface area contributed by atoms with Crippen molar-refractivity contribution in [3.05, 3.63) is 33.3 Å². The Morgan fingerprint density at radius 1 is 1.40 bits per heavy atom. The molecule has 0 bridgehead atoms. The van der Waals surface area contributed by atoms with E-state index < -0.39 is 5.97 Å². The van der Waals surface area contributed by atoms with Crippen LogP contribution in [0.2, 0.25) is 5.02 Å². The standard InChI is InChI=1S/C14H17BrClNO3/c1-4-20-13(18)8-17(9(2)3)14(19)10-5-6-12(16)11(15)7-10/h5-7,9H,4,8H2,1-3H3. The van der Waals surface area contributed by atoms with Gasteiger partial charge in [-0.15, -0.1) is 0 Å². The van der Waals surface area contributed by atoms with Crippen molar-refractivity contribution in [3.8, 4) is 0 Å². The smallest absolute Gasteiger partial charge is 0.325 e. The molecule has 1 amide bonds. The molecule has 0 aliphatic carbocycles. The van der Waals surface area contributed by atoms with Crippen LogP contribution in [0.4, 0.5) is 0 Å². The van der Waals surface area contributed by atoms with Crippen LogP contribution in [0.1, 0.15) is 31.1 Å². The van der Waals surface area contributed by atoms with Crippen molar-refractivity contribution >= 4 is 39.4 Å². The summed E-state index contributed by atoms with van der Waals surface area (Å²) in [5.74, 6) is -0.645. The maximum Gasteiger partial charge on any atom is 0.325 e. The van der Waals surface area contributed by atoms with Crippen molar-refractivity contribution < 1.29 is 14.3 Å². The van der Waals surface area contributed by atoms with Gasteiger partial charge in [-0.25, -0.2) is 0 Å². The summed E-state index contributed by atoms with van der Waals surface area (Å²) in [4.78, 5) is 25.5. The second-order valence-electron chi connectivity index (χ2n) is 4.46. The number of hydrogen-bond donors (Lipinski definition) is 0. The maximum atomic E-state index is 12.4. The van der Waals surface area contributed by atoms with Gasteiger partial charge in [0.25, 0.3) is 5.91 Å². The van der Waals surface area contributed by atoms with Crippen LogP contribution in [0.3, 0.4) is 0 Å². The molecule has 110 valence electrons. The first-order valence-electron chi connectivity index (χ1n) is 6.28. The monoisotopic (exact) mass is 361 g/mol. The Balaban J connectivity index is 2.93. The first-order valence-corrected chi connectivity index (χ1v) is 7.45. The number of amides is 1. The van der Waals surface area contributed by atoms with Crippen molar-refractivity contribution in [1.82, 2.24) is 4.90 Å². The van der Waals surface area contributed by atoms with Gasteiger partial charge in [0.15, 0.2) is 0 Å². The molecule has 0 saturated heterocycles. The molecule has 0 heterocycles. The van der Waals surface area contributed by atoms with Gasteiger partial charge >= 0.3 is 5.97 Å². The van der Waals surface area contributed by atoms with Gasteiger partial charge in [0.2, 0.25) is 0 Å². The number of benzene rings is 1. The van der Waals surface area contributed by atoms with Crippen LogP contribution in [0.15, 0.2) is 22.7 Å². The molecule has 0 fully saturated rings. The average molecular weight is 363 g/mol. The van der Waals surface area contributed by atoms with Gasteiger partial charge in [-0.05, 0) is 54.9 Å². The van der Waals surface area contributed by atoms with Gasteiger partial charge in [0.1, 0.15) is 6.54 Å². The summed E-state index contributed by atoms with van der Waals surface area (Å²) in [5, 5.41) is 0.531. The third-order valence-electron chi connectivity index (χ3n) is 2.66. The summed E-state index contributed by atoms with van der Waals surface area (Å²) >= 11 is 9.19. The van der Waals surface area contributed by atoms with Crippen LogP contribution >= 0.6 is 27.5 Å². The van der Waals surface area contributed by atoms with Gasteiger partial charge in [-0.2, -0.15) is 0 Å². The van der Waals surface area contributed by atoms with Crippen LogP contribution in [0, 0.1) is 0 Å². The predicted molar refractivity (Wildman–Crippen MR) is 82.0 cm³/mol. The second-order valence-corrected chi connectivity index (χ2v) is 5.72. The summed E-state index contributed by atoms with van der Waals surface area (Å²) in [7, 11) is 0. The topological polar surface area (TPSA) is 46.6 Å². The molecule has 20 heavy (non-hydrogen) atoms. The number of ether oxygens (including phenoxy) is 1. The highest BCUT2D eigenvalue weighted by Crippen LogP contribution is 2.24. The van der Waals surface area contributed by atoms with Crippen molar-refractivity contribution in [2.45, 2.75) is 26.8 Å². The summed E-state index contributed by atoms with van der Waals surface area (Å²) in [6, 6.07) is 4.81. The number of carbonyl (C=O) groups is 2. The van der Waals surface area contributed by atoms with Crippen LogP contribution in [-0.4, -0.2) is 36.0 Å². The number of nitrogens with zero attached hydrogens (tertiary/aromatic N) is 1. The van der Waals surface area contributed by atoms with E-state index in [9.17, 15) is 9.59 Å². The van der Waals surface area contributed by atoms with E-state index in [-0.39, 0.29) is 18.5 Å². The SMILES string of the molecule is CCOC(=O)CN(C(=O)c1ccc(Cl)c(Br)c1)C(C)C. The first kappa shape index (κ1) is 17.0. The Hall–Kier alpha value is -1.07. The maximum absolute atomic E-state index is 12.4.